The van der Waals surface area contributed by atoms with E-state index < -0.39 is 29.5 Å². The van der Waals surface area contributed by atoms with Crippen LogP contribution in [0.15, 0.2) is 24.3 Å². The summed E-state index contributed by atoms with van der Waals surface area (Å²) in [5, 5.41) is 4.63. The minimum absolute atomic E-state index is 0.0298. The molecule has 3 aromatic rings. The number of carbonyl (C=O) groups is 1. The molecule has 2 N–H and O–H groups in total. The van der Waals surface area contributed by atoms with Crippen LogP contribution in [0.1, 0.15) is 81.5 Å². The van der Waals surface area contributed by atoms with E-state index in [1.807, 2.05) is 16.5 Å². The van der Waals surface area contributed by atoms with Crippen LogP contribution in [0.4, 0.5) is 33.5 Å². The van der Waals surface area contributed by atoms with Crippen molar-refractivity contribution in [2.75, 3.05) is 51.0 Å². The number of carbonyl (C=O) groups excluding carboxylic acids is 1. The van der Waals surface area contributed by atoms with Gasteiger partial charge >= 0.3 is 12.2 Å². The molecule has 0 bridgehead atoms. The number of ether oxygens (including phenoxy) is 2. The number of aryl methyl sites for hydroxylation is 1. The zero-order chi connectivity index (χ0) is 37.8. The molecule has 6 heterocycles. The monoisotopic (exact) mass is 740 g/mol. The van der Waals surface area contributed by atoms with Gasteiger partial charge in [-0.3, -0.25) is 14.4 Å². The maximum atomic E-state index is 14.5. The van der Waals surface area contributed by atoms with E-state index in [0.29, 0.717) is 61.8 Å². The number of benzene rings is 1. The van der Waals surface area contributed by atoms with Crippen molar-refractivity contribution in [3.8, 4) is 18.4 Å². The highest BCUT2D eigenvalue weighted by Crippen LogP contribution is 2.45. The Kier molecular flexibility index (Phi) is 9.60. The maximum Gasteiger partial charge on any atom is 0.417 e. The number of alkyl halides is 3. The number of hydrogen-bond donors (Lipinski definition) is 1. The normalized spacial score (nSPS) is 22.7. The molecule has 2 aromatic heterocycles. The maximum absolute atomic E-state index is 14.5. The van der Waals surface area contributed by atoms with Gasteiger partial charge in [0.15, 0.2) is 5.69 Å². The van der Waals surface area contributed by atoms with Gasteiger partial charge in [-0.15, -0.1) is 6.42 Å². The Bertz CT molecular complexity index is 2000. The van der Waals surface area contributed by atoms with Crippen molar-refractivity contribution >= 4 is 17.4 Å². The molecular formula is C37H41F5N8O3. The summed E-state index contributed by atoms with van der Waals surface area (Å²) in [4.78, 5) is 28.3. The molecule has 282 valence electrons. The Balaban J connectivity index is 1.27. The first-order valence-electron chi connectivity index (χ1n) is 17.6. The van der Waals surface area contributed by atoms with E-state index in [1.165, 1.54) is 11.0 Å². The minimum Gasteiger partial charge on any atom is -0.461 e. The minimum atomic E-state index is -4.77. The summed E-state index contributed by atoms with van der Waals surface area (Å²) in [5.41, 5.74) is 7.06. The number of fused-ring (bicyclic) bond motifs is 3. The van der Waals surface area contributed by atoms with Crippen LogP contribution in [0, 0.1) is 25.2 Å². The first-order valence-corrected chi connectivity index (χ1v) is 17.6. The average Bonchev–Trinajstić information content (AvgIpc) is 3.68. The van der Waals surface area contributed by atoms with E-state index in [0.717, 1.165) is 42.8 Å². The molecule has 0 saturated carbocycles. The van der Waals surface area contributed by atoms with Gasteiger partial charge in [0.1, 0.15) is 12.4 Å². The van der Waals surface area contributed by atoms with Crippen LogP contribution in [0.3, 0.4) is 0 Å². The summed E-state index contributed by atoms with van der Waals surface area (Å²) in [6.45, 7) is 4.61. The SMILES string of the molecule is C#Cc1cc(N)cc(C2Cc3nc(OC[C@]45CCCN4C[C@@H](C=C(F)F)C5)nc(N4CCCn5nc(C(=O)N(C)C)c(C)c5C4)c3CO2)c1C(F)(F)F. The Hall–Kier alpha value is -4.75. The molecule has 7 rings (SSSR count). The first-order chi connectivity index (χ1) is 25.2. The van der Waals surface area contributed by atoms with E-state index in [2.05, 4.69) is 15.9 Å². The lowest BCUT2D eigenvalue weighted by Crippen LogP contribution is -2.43. The number of terminal acetylenes is 1. The lowest BCUT2D eigenvalue weighted by Gasteiger charge is -2.33. The summed E-state index contributed by atoms with van der Waals surface area (Å²) in [7, 11) is 3.34. The highest BCUT2D eigenvalue weighted by atomic mass is 19.4. The lowest BCUT2D eigenvalue weighted by molar-refractivity contribution is -0.140. The fraction of sp³-hybridized carbons (Fsp3) is 0.514. The Morgan fingerprint density at radius 2 is 2.00 bits per heavy atom. The van der Waals surface area contributed by atoms with Gasteiger partial charge in [0.25, 0.3) is 12.0 Å². The van der Waals surface area contributed by atoms with Gasteiger partial charge in [0.05, 0.1) is 41.7 Å². The number of aromatic nitrogens is 4. The van der Waals surface area contributed by atoms with Crippen LogP contribution in [0.2, 0.25) is 0 Å². The topological polar surface area (TPSA) is 115 Å². The summed E-state index contributed by atoms with van der Waals surface area (Å²) in [6, 6.07) is 2.39. The largest absolute Gasteiger partial charge is 0.461 e. The summed E-state index contributed by atoms with van der Waals surface area (Å²) < 4.78 is 84.2. The predicted octanol–water partition coefficient (Wildman–Crippen LogP) is 5.50. The van der Waals surface area contributed by atoms with E-state index in [9.17, 15) is 26.7 Å². The second kappa shape index (κ2) is 13.9. The van der Waals surface area contributed by atoms with E-state index in [-0.39, 0.29) is 54.3 Å². The van der Waals surface area contributed by atoms with Crippen LogP contribution in [-0.4, -0.2) is 81.3 Å². The number of amides is 1. The van der Waals surface area contributed by atoms with Crippen LogP contribution in [-0.2, 0) is 37.0 Å². The third-order valence-corrected chi connectivity index (χ3v) is 10.9. The van der Waals surface area contributed by atoms with Crippen molar-refractivity contribution in [1.29, 1.82) is 0 Å². The molecule has 1 unspecified atom stereocenters. The molecule has 2 fully saturated rings. The molecule has 1 amide bonds. The summed E-state index contributed by atoms with van der Waals surface area (Å²) >= 11 is 0. The van der Waals surface area contributed by atoms with Crippen molar-refractivity contribution in [3.63, 3.8) is 0 Å². The van der Waals surface area contributed by atoms with Crippen LogP contribution in [0.5, 0.6) is 6.01 Å². The molecule has 0 spiro atoms. The number of rotatable bonds is 7. The molecule has 1 aromatic carbocycles. The lowest BCUT2D eigenvalue weighted by atomic mass is 9.91. The second-order valence-electron chi connectivity index (χ2n) is 14.5. The van der Waals surface area contributed by atoms with Crippen molar-refractivity contribution < 1.29 is 36.2 Å². The van der Waals surface area contributed by atoms with Gasteiger partial charge in [-0.05, 0) is 68.8 Å². The molecule has 3 atom stereocenters. The molecule has 53 heavy (non-hydrogen) atoms. The average molecular weight is 741 g/mol. The van der Waals surface area contributed by atoms with Gasteiger partial charge in [0, 0.05) is 62.5 Å². The van der Waals surface area contributed by atoms with Gasteiger partial charge in [-0.25, -0.2) is 0 Å². The highest BCUT2D eigenvalue weighted by Gasteiger charge is 2.49. The number of anilines is 2. The van der Waals surface area contributed by atoms with Crippen LogP contribution < -0.4 is 15.4 Å². The summed E-state index contributed by atoms with van der Waals surface area (Å²) in [5.74, 6) is 2.10. The van der Waals surface area contributed by atoms with Crippen LogP contribution >= 0.6 is 0 Å². The molecule has 4 aliphatic rings. The predicted molar refractivity (Wildman–Crippen MR) is 185 cm³/mol. The quantitative estimate of drug-likeness (QED) is 0.191. The van der Waals surface area contributed by atoms with E-state index in [1.54, 1.807) is 14.1 Å². The number of hydrogen-bond acceptors (Lipinski definition) is 9. The van der Waals surface area contributed by atoms with Gasteiger partial charge in [-0.2, -0.15) is 37.0 Å². The molecule has 0 aliphatic carbocycles. The fourth-order valence-corrected chi connectivity index (χ4v) is 8.42. The third-order valence-electron chi connectivity index (χ3n) is 10.9. The Labute approximate surface area is 303 Å². The highest BCUT2D eigenvalue weighted by molar-refractivity contribution is 5.93. The second-order valence-corrected chi connectivity index (χ2v) is 14.5. The smallest absolute Gasteiger partial charge is 0.417 e. The Morgan fingerprint density at radius 1 is 1.21 bits per heavy atom. The van der Waals surface area contributed by atoms with E-state index >= 15 is 0 Å². The number of nitrogens with two attached hydrogens (primary N) is 1. The van der Waals surface area contributed by atoms with Crippen molar-refractivity contribution in [2.45, 2.75) is 76.5 Å². The van der Waals surface area contributed by atoms with Crippen molar-refractivity contribution in [3.05, 3.63) is 69.2 Å². The molecule has 4 aliphatic heterocycles. The van der Waals surface area contributed by atoms with Crippen molar-refractivity contribution in [2.24, 2.45) is 5.92 Å². The van der Waals surface area contributed by atoms with Crippen LogP contribution in [0.25, 0.3) is 0 Å². The zero-order valence-corrected chi connectivity index (χ0v) is 29.8. The molecule has 11 nitrogen and oxygen atoms in total. The number of halogens is 5. The van der Waals surface area contributed by atoms with Crippen molar-refractivity contribution in [1.82, 2.24) is 29.5 Å². The number of nitrogen functional groups attached to an aromatic ring is 1. The van der Waals surface area contributed by atoms with E-state index in [4.69, 9.17) is 31.6 Å². The molecular weight excluding hydrogens is 699 g/mol. The fourth-order valence-electron chi connectivity index (χ4n) is 8.42. The Morgan fingerprint density at radius 3 is 2.72 bits per heavy atom. The van der Waals surface area contributed by atoms with Gasteiger partial charge in [0.2, 0.25) is 0 Å². The summed E-state index contributed by atoms with van der Waals surface area (Å²) in [6.07, 6.45) is 1.70. The standard InChI is InChI=1S/C37H41F5N8O3/c1-5-23-13-24(43)14-25(31(23)37(40,41)42)29-15-27-26(19-52-29)33(48-9-7-11-50-28(18-48)21(2)32(46-50)34(51)47(3)4)45-35(44-27)53-20-36-8-6-10-49(36)17-22(16-36)12-30(38)39/h1,12-14,22,29H,6-11,15-20,43H2,2-4H3/t22-,29?,36+/m0/s1. The first kappa shape index (κ1) is 36.6. The zero-order valence-electron chi connectivity index (χ0n) is 29.8. The molecule has 16 heteroatoms. The molecule has 0 radical (unpaired) electrons. The number of nitrogens with zero attached hydrogens (tertiary/aromatic N) is 7. The molecule has 2 saturated heterocycles. The third kappa shape index (κ3) is 6.92. The van der Waals surface area contributed by atoms with Gasteiger partial charge < -0.3 is 25.0 Å². The van der Waals surface area contributed by atoms with Gasteiger partial charge in [-0.1, -0.05) is 5.92 Å².